The van der Waals surface area contributed by atoms with Crippen molar-refractivity contribution in [2.45, 2.75) is 33.6 Å². The highest BCUT2D eigenvalue weighted by atomic mass is 16.5. The average molecular weight is 201 g/mol. The van der Waals surface area contributed by atoms with Gasteiger partial charge in [-0.1, -0.05) is 13.8 Å². The maximum Gasteiger partial charge on any atom is 0.231 e. The highest BCUT2D eigenvalue weighted by Gasteiger charge is 2.42. The van der Waals surface area contributed by atoms with Gasteiger partial charge in [0.05, 0.1) is 0 Å². The Kier molecular flexibility index (Phi) is 5.38. The van der Waals surface area contributed by atoms with E-state index in [0.29, 0.717) is 26.1 Å². The summed E-state index contributed by atoms with van der Waals surface area (Å²) < 4.78 is 5.07. The van der Waals surface area contributed by atoms with Crippen LogP contribution in [0, 0.1) is 5.41 Å². The third kappa shape index (κ3) is 2.54. The Balaban J connectivity index is 0.000000791. The highest BCUT2D eigenvalue weighted by Crippen LogP contribution is 2.30. The number of nitrogens with two attached hydrogens (primary N) is 1. The molecule has 0 saturated carbocycles. The van der Waals surface area contributed by atoms with Crippen LogP contribution in [0.2, 0.25) is 0 Å². The van der Waals surface area contributed by atoms with Crippen LogP contribution in [0.1, 0.15) is 33.6 Å². The zero-order valence-electron chi connectivity index (χ0n) is 9.13. The van der Waals surface area contributed by atoms with Crippen LogP contribution in [-0.4, -0.2) is 24.9 Å². The minimum Gasteiger partial charge on any atom is -0.381 e. The molecule has 0 radical (unpaired) electrons. The Morgan fingerprint density at radius 3 is 1.86 bits per heavy atom. The summed E-state index contributed by atoms with van der Waals surface area (Å²) in [5, 5.41) is 0. The van der Waals surface area contributed by atoms with Gasteiger partial charge in [0.25, 0.3) is 0 Å². The zero-order chi connectivity index (χ0) is 11.2. The van der Waals surface area contributed by atoms with Crippen molar-refractivity contribution in [2.24, 2.45) is 11.1 Å². The first-order chi connectivity index (χ1) is 6.59. The number of hydrogen-bond donors (Lipinski definition) is 1. The molecule has 1 amide bonds. The molecule has 4 heteroatoms. The van der Waals surface area contributed by atoms with Gasteiger partial charge in [0.15, 0.2) is 0 Å². The van der Waals surface area contributed by atoms with Gasteiger partial charge in [-0.3, -0.25) is 9.59 Å². The van der Waals surface area contributed by atoms with Crippen LogP contribution >= 0.6 is 0 Å². The largest absolute Gasteiger partial charge is 0.381 e. The van der Waals surface area contributed by atoms with Crippen molar-refractivity contribution in [2.75, 3.05) is 13.2 Å². The van der Waals surface area contributed by atoms with E-state index >= 15 is 0 Å². The molecule has 0 bridgehead atoms. The molecule has 0 aromatic carbocycles. The number of ketones is 1. The van der Waals surface area contributed by atoms with Crippen LogP contribution in [-0.2, 0) is 14.3 Å². The molecule has 0 unspecified atom stereocenters. The molecule has 0 aromatic heterocycles. The number of ether oxygens (including phenoxy) is 1. The fourth-order valence-electron chi connectivity index (χ4n) is 1.49. The molecule has 14 heavy (non-hydrogen) atoms. The topological polar surface area (TPSA) is 69.4 Å². The van der Waals surface area contributed by atoms with Gasteiger partial charge >= 0.3 is 0 Å². The molecule has 0 spiro atoms. The fraction of sp³-hybridized carbons (Fsp3) is 0.800. The molecule has 1 aliphatic rings. The summed E-state index contributed by atoms with van der Waals surface area (Å²) in [5.74, 6) is -0.656. The van der Waals surface area contributed by atoms with Gasteiger partial charge in [0.1, 0.15) is 11.2 Å². The first kappa shape index (κ1) is 13.1. The molecule has 4 nitrogen and oxygen atoms in total. The van der Waals surface area contributed by atoms with Crippen LogP contribution in [0.3, 0.4) is 0 Å². The second-order valence-electron chi connectivity index (χ2n) is 3.11. The highest BCUT2D eigenvalue weighted by molar-refractivity contribution is 6.04. The van der Waals surface area contributed by atoms with Gasteiger partial charge in [-0.05, 0) is 19.8 Å². The number of hydrogen-bond acceptors (Lipinski definition) is 3. The molecule has 0 aromatic rings. The number of primary amides is 1. The van der Waals surface area contributed by atoms with Crippen LogP contribution in [0.15, 0.2) is 0 Å². The fourth-order valence-corrected chi connectivity index (χ4v) is 1.49. The van der Waals surface area contributed by atoms with E-state index in [9.17, 15) is 9.59 Å². The zero-order valence-corrected chi connectivity index (χ0v) is 9.13. The first-order valence-electron chi connectivity index (χ1n) is 4.98. The molecular formula is C10H19NO3. The summed E-state index contributed by atoms with van der Waals surface area (Å²) in [6.07, 6.45) is 0.856. The molecule has 0 aliphatic carbocycles. The summed E-state index contributed by atoms with van der Waals surface area (Å²) in [4.78, 5) is 22.3. The Labute approximate surface area is 84.8 Å². The predicted octanol–water partition coefficient (Wildman–Crippen LogP) is 0.884. The molecule has 1 heterocycles. The second-order valence-corrected chi connectivity index (χ2v) is 3.11. The standard InChI is InChI=1S/C8H13NO3.C2H6/c1-6(10)8(7(9)11)2-4-12-5-3-8;1-2/h2-5H2,1H3,(H2,9,11);1-2H3. The lowest BCUT2D eigenvalue weighted by atomic mass is 9.76. The van der Waals surface area contributed by atoms with Crippen LogP contribution in [0.5, 0.6) is 0 Å². The third-order valence-corrected chi connectivity index (χ3v) is 2.49. The molecule has 82 valence electrons. The van der Waals surface area contributed by atoms with Crippen LogP contribution < -0.4 is 5.73 Å². The van der Waals surface area contributed by atoms with Gasteiger partial charge in [-0.25, -0.2) is 0 Å². The lowest BCUT2D eigenvalue weighted by molar-refractivity contribution is -0.145. The predicted molar refractivity (Wildman–Crippen MR) is 53.7 cm³/mol. The lowest BCUT2D eigenvalue weighted by Crippen LogP contribution is -2.46. The number of rotatable bonds is 2. The molecule has 0 atom stereocenters. The van der Waals surface area contributed by atoms with E-state index < -0.39 is 11.3 Å². The van der Waals surface area contributed by atoms with E-state index in [-0.39, 0.29) is 5.78 Å². The number of Topliss-reactive ketones (excluding diaryl/α,β-unsaturated/α-hetero) is 1. The number of carbonyl (C=O) groups is 2. The molecule has 1 rings (SSSR count). The van der Waals surface area contributed by atoms with E-state index in [4.69, 9.17) is 10.5 Å². The maximum atomic E-state index is 11.2. The van der Waals surface area contributed by atoms with E-state index in [1.165, 1.54) is 6.92 Å². The van der Waals surface area contributed by atoms with Gasteiger partial charge in [0, 0.05) is 13.2 Å². The third-order valence-electron chi connectivity index (χ3n) is 2.49. The Bertz CT molecular complexity index is 191. The van der Waals surface area contributed by atoms with Gasteiger partial charge in [0.2, 0.25) is 5.91 Å². The molecule has 1 fully saturated rings. The van der Waals surface area contributed by atoms with E-state index in [0.717, 1.165) is 0 Å². The van der Waals surface area contributed by atoms with E-state index in [1.54, 1.807) is 0 Å². The normalized spacial score (nSPS) is 19.1. The quantitative estimate of drug-likeness (QED) is 0.674. The smallest absolute Gasteiger partial charge is 0.231 e. The average Bonchev–Trinajstić information content (AvgIpc) is 2.21. The van der Waals surface area contributed by atoms with Crippen molar-refractivity contribution in [3.63, 3.8) is 0 Å². The SMILES string of the molecule is CC.CC(=O)C1(C(N)=O)CCOCC1. The maximum absolute atomic E-state index is 11.2. The van der Waals surface area contributed by atoms with Crippen molar-refractivity contribution in [3.8, 4) is 0 Å². The summed E-state index contributed by atoms with van der Waals surface area (Å²) in [6, 6.07) is 0. The van der Waals surface area contributed by atoms with Crippen molar-refractivity contribution < 1.29 is 14.3 Å². The Morgan fingerprint density at radius 2 is 1.64 bits per heavy atom. The van der Waals surface area contributed by atoms with E-state index in [1.807, 2.05) is 13.8 Å². The summed E-state index contributed by atoms with van der Waals surface area (Å²) >= 11 is 0. The monoisotopic (exact) mass is 201 g/mol. The first-order valence-corrected chi connectivity index (χ1v) is 4.98. The molecule has 1 saturated heterocycles. The number of amides is 1. The minimum atomic E-state index is -0.946. The lowest BCUT2D eigenvalue weighted by Gasteiger charge is -2.31. The Morgan fingerprint density at radius 1 is 1.21 bits per heavy atom. The Hall–Kier alpha value is -0.900. The molecular weight excluding hydrogens is 182 g/mol. The van der Waals surface area contributed by atoms with Crippen LogP contribution in [0.25, 0.3) is 0 Å². The van der Waals surface area contributed by atoms with Gasteiger partial charge < -0.3 is 10.5 Å². The van der Waals surface area contributed by atoms with Crippen molar-refractivity contribution in [3.05, 3.63) is 0 Å². The van der Waals surface area contributed by atoms with E-state index in [2.05, 4.69) is 0 Å². The van der Waals surface area contributed by atoms with Crippen molar-refractivity contribution in [1.29, 1.82) is 0 Å². The van der Waals surface area contributed by atoms with Crippen molar-refractivity contribution >= 4 is 11.7 Å². The summed E-state index contributed by atoms with van der Waals surface area (Å²) in [5.41, 5.74) is 4.24. The van der Waals surface area contributed by atoms with Crippen molar-refractivity contribution in [1.82, 2.24) is 0 Å². The second kappa shape index (κ2) is 5.75. The summed E-state index contributed by atoms with van der Waals surface area (Å²) in [6.45, 7) is 6.31. The van der Waals surface area contributed by atoms with Gasteiger partial charge in [-0.15, -0.1) is 0 Å². The summed E-state index contributed by atoms with van der Waals surface area (Å²) in [7, 11) is 0. The molecule has 2 N–H and O–H groups in total. The minimum absolute atomic E-state index is 0.140. The van der Waals surface area contributed by atoms with Crippen LogP contribution in [0.4, 0.5) is 0 Å². The molecule has 1 aliphatic heterocycles. The number of carbonyl (C=O) groups excluding carboxylic acids is 2. The van der Waals surface area contributed by atoms with Gasteiger partial charge in [-0.2, -0.15) is 0 Å².